The monoisotopic (exact) mass is 367 g/mol. The lowest BCUT2D eigenvalue weighted by Gasteiger charge is -2.08. The Bertz CT molecular complexity index is 722. The summed E-state index contributed by atoms with van der Waals surface area (Å²) in [6.07, 6.45) is 4.98. The second-order valence-corrected chi connectivity index (χ2v) is 6.17. The van der Waals surface area contributed by atoms with E-state index in [1.165, 1.54) is 6.08 Å². The van der Waals surface area contributed by atoms with E-state index in [1.54, 1.807) is 0 Å². The molecule has 0 amide bonds. The van der Waals surface area contributed by atoms with E-state index >= 15 is 0 Å². The minimum absolute atomic E-state index is 0.184. The topological polar surface area (TPSA) is 65.0 Å². The van der Waals surface area contributed by atoms with Crippen LogP contribution >= 0.6 is 0 Å². The minimum Gasteiger partial charge on any atom is -0.489 e. The normalized spacial score (nSPS) is 10.1. The molecule has 142 valence electrons. The summed E-state index contributed by atoms with van der Waals surface area (Å²) < 4.78 is 11.0. The first-order valence-electron chi connectivity index (χ1n) is 9.23. The first-order chi connectivity index (χ1) is 13.3. The molecule has 2 aromatic rings. The molecule has 0 saturated carbocycles. The Morgan fingerprint density at radius 2 is 1.70 bits per heavy atom. The van der Waals surface area contributed by atoms with Crippen molar-refractivity contribution in [1.29, 1.82) is 0 Å². The van der Waals surface area contributed by atoms with E-state index in [0.717, 1.165) is 36.1 Å². The van der Waals surface area contributed by atoms with Crippen LogP contribution in [0.4, 0.5) is 0 Å². The number of aliphatic imine (C=N–C) groups is 1. The molecule has 0 aliphatic heterocycles. The van der Waals surface area contributed by atoms with Crippen molar-refractivity contribution in [2.24, 2.45) is 4.99 Å². The Labute approximate surface area is 160 Å². The highest BCUT2D eigenvalue weighted by atomic mass is 16.5. The van der Waals surface area contributed by atoms with Crippen LogP contribution in [0.5, 0.6) is 5.75 Å². The van der Waals surface area contributed by atoms with Crippen LogP contribution in [-0.4, -0.2) is 25.2 Å². The van der Waals surface area contributed by atoms with Gasteiger partial charge in [0.25, 0.3) is 0 Å². The predicted molar refractivity (Wildman–Crippen MR) is 103 cm³/mol. The molecule has 0 saturated heterocycles. The van der Waals surface area contributed by atoms with Gasteiger partial charge in [0.15, 0.2) is 0 Å². The van der Waals surface area contributed by atoms with Crippen LogP contribution < -0.4 is 4.74 Å². The van der Waals surface area contributed by atoms with Gasteiger partial charge in [-0.05, 0) is 36.1 Å². The molecule has 0 spiro atoms. The molecule has 0 radical (unpaired) electrons. The lowest BCUT2D eigenvalue weighted by atomic mass is 10.1. The first kappa shape index (κ1) is 20.4. The Hall–Kier alpha value is -2.91. The number of carbonyl (C=O) groups is 1. The molecule has 0 aromatic heterocycles. The van der Waals surface area contributed by atoms with Crippen molar-refractivity contribution in [3.8, 4) is 5.75 Å². The third-order valence-corrected chi connectivity index (χ3v) is 4.04. The lowest BCUT2D eigenvalue weighted by Crippen LogP contribution is -2.07. The van der Waals surface area contributed by atoms with Crippen LogP contribution in [-0.2, 0) is 27.4 Å². The summed E-state index contributed by atoms with van der Waals surface area (Å²) in [6.45, 7) is 1.39. The van der Waals surface area contributed by atoms with Gasteiger partial charge >= 0.3 is 5.97 Å². The highest BCUT2D eigenvalue weighted by Gasteiger charge is 2.03. The summed E-state index contributed by atoms with van der Waals surface area (Å²) >= 11 is 0. The molecular weight excluding hydrogens is 342 g/mol. The van der Waals surface area contributed by atoms with E-state index in [4.69, 9.17) is 9.47 Å². The van der Waals surface area contributed by atoms with Gasteiger partial charge in [0.2, 0.25) is 6.08 Å². The predicted octanol–water partition coefficient (Wildman–Crippen LogP) is 4.25. The summed E-state index contributed by atoms with van der Waals surface area (Å²) in [5.41, 5.74) is 2.23. The average Bonchev–Trinajstić information content (AvgIpc) is 2.71. The second kappa shape index (κ2) is 12.4. The highest BCUT2D eigenvalue weighted by molar-refractivity contribution is 5.69. The van der Waals surface area contributed by atoms with Gasteiger partial charge in [-0.2, -0.15) is 0 Å². The van der Waals surface area contributed by atoms with Gasteiger partial charge in [-0.25, -0.2) is 9.79 Å². The van der Waals surface area contributed by atoms with Crippen molar-refractivity contribution >= 4 is 12.0 Å². The van der Waals surface area contributed by atoms with Gasteiger partial charge in [0.1, 0.15) is 12.4 Å². The third-order valence-electron chi connectivity index (χ3n) is 4.04. The molecule has 27 heavy (non-hydrogen) atoms. The zero-order chi connectivity index (χ0) is 19.2. The molecule has 0 atom stereocenters. The number of hydrogen-bond donors (Lipinski definition) is 0. The number of isocyanates is 1. The zero-order valence-corrected chi connectivity index (χ0v) is 15.4. The lowest BCUT2D eigenvalue weighted by molar-refractivity contribution is -0.143. The van der Waals surface area contributed by atoms with E-state index in [0.29, 0.717) is 32.6 Å². The Morgan fingerprint density at radius 3 is 2.44 bits per heavy atom. The summed E-state index contributed by atoms with van der Waals surface area (Å²) in [5.74, 6) is 0.634. The third kappa shape index (κ3) is 8.84. The van der Waals surface area contributed by atoms with Crippen LogP contribution in [0.15, 0.2) is 59.6 Å². The molecule has 5 nitrogen and oxygen atoms in total. The first-order valence-corrected chi connectivity index (χ1v) is 9.23. The van der Waals surface area contributed by atoms with Crippen LogP contribution in [0.2, 0.25) is 0 Å². The maximum absolute atomic E-state index is 11.7. The number of hydrogen-bond acceptors (Lipinski definition) is 5. The number of nitrogens with zero attached hydrogens (tertiary/aromatic N) is 1. The molecule has 0 unspecified atom stereocenters. The molecule has 0 fully saturated rings. The highest BCUT2D eigenvalue weighted by Crippen LogP contribution is 2.15. The number of carbonyl (C=O) groups excluding carboxylic acids is 2. The zero-order valence-electron chi connectivity index (χ0n) is 15.4. The van der Waals surface area contributed by atoms with E-state index in [1.807, 2.05) is 54.6 Å². The van der Waals surface area contributed by atoms with Gasteiger partial charge in [-0.1, -0.05) is 48.9 Å². The summed E-state index contributed by atoms with van der Waals surface area (Å²) in [6, 6.07) is 17.9. The Morgan fingerprint density at radius 1 is 0.926 bits per heavy atom. The molecule has 0 aliphatic rings. The van der Waals surface area contributed by atoms with Gasteiger partial charge in [-0.15, -0.1) is 0 Å². The number of rotatable bonds is 12. The minimum atomic E-state index is -0.184. The molecule has 0 heterocycles. The second-order valence-electron chi connectivity index (χ2n) is 6.17. The van der Waals surface area contributed by atoms with Crippen molar-refractivity contribution in [3.05, 3.63) is 65.7 Å². The molecule has 0 bridgehead atoms. The fraction of sp³-hybridized carbons (Fsp3) is 0.364. The molecule has 2 aromatic carbocycles. The number of benzene rings is 2. The SMILES string of the molecule is O=C=NCCCCCC(=O)OCCc1ccc(OCc2ccccc2)cc1. The Balaban J connectivity index is 1.59. The quantitative estimate of drug-likeness (QED) is 0.243. The smallest absolute Gasteiger partial charge is 0.305 e. The van der Waals surface area contributed by atoms with Gasteiger partial charge in [-0.3, -0.25) is 4.79 Å². The Kier molecular flexibility index (Phi) is 9.40. The molecule has 0 N–H and O–H groups in total. The molecular formula is C22H25NO4. The van der Waals surface area contributed by atoms with E-state index in [9.17, 15) is 9.59 Å². The maximum atomic E-state index is 11.7. The van der Waals surface area contributed by atoms with E-state index in [-0.39, 0.29) is 5.97 Å². The summed E-state index contributed by atoms with van der Waals surface area (Å²) in [7, 11) is 0. The van der Waals surface area contributed by atoms with Gasteiger partial charge in [0.05, 0.1) is 13.2 Å². The van der Waals surface area contributed by atoms with Crippen molar-refractivity contribution in [2.75, 3.05) is 13.2 Å². The van der Waals surface area contributed by atoms with Crippen molar-refractivity contribution in [2.45, 2.75) is 38.7 Å². The van der Waals surface area contributed by atoms with E-state index in [2.05, 4.69) is 4.99 Å². The fourth-order valence-corrected chi connectivity index (χ4v) is 2.53. The van der Waals surface area contributed by atoms with Gasteiger partial charge < -0.3 is 9.47 Å². The molecule has 0 aliphatic carbocycles. The van der Waals surface area contributed by atoms with Crippen LogP contribution in [0.25, 0.3) is 0 Å². The summed E-state index contributed by atoms with van der Waals surface area (Å²) in [5, 5.41) is 0. The number of unbranched alkanes of at least 4 members (excludes halogenated alkanes) is 2. The molecule has 2 rings (SSSR count). The summed E-state index contributed by atoms with van der Waals surface area (Å²) in [4.78, 5) is 25.1. The average molecular weight is 367 g/mol. The van der Waals surface area contributed by atoms with Crippen LogP contribution in [0.3, 0.4) is 0 Å². The largest absolute Gasteiger partial charge is 0.489 e. The van der Waals surface area contributed by atoms with Crippen molar-refractivity contribution < 1.29 is 19.1 Å². The number of esters is 1. The van der Waals surface area contributed by atoms with Crippen molar-refractivity contribution in [3.63, 3.8) is 0 Å². The standard InChI is InChI=1S/C22H25NO4/c24-18-23-15-6-2-5-9-22(25)26-16-14-19-10-12-21(13-11-19)27-17-20-7-3-1-4-8-20/h1,3-4,7-8,10-13H,2,5-6,9,14-17H2. The van der Waals surface area contributed by atoms with Gasteiger partial charge in [0, 0.05) is 12.8 Å². The fourth-order valence-electron chi connectivity index (χ4n) is 2.53. The van der Waals surface area contributed by atoms with Crippen LogP contribution in [0, 0.1) is 0 Å². The maximum Gasteiger partial charge on any atom is 0.305 e. The van der Waals surface area contributed by atoms with E-state index < -0.39 is 0 Å². The molecule has 5 heteroatoms. The van der Waals surface area contributed by atoms with Crippen LogP contribution in [0.1, 0.15) is 36.8 Å². The van der Waals surface area contributed by atoms with Crippen molar-refractivity contribution in [1.82, 2.24) is 0 Å². The number of ether oxygens (including phenoxy) is 2.